The fraction of sp³-hybridized carbons (Fsp3) is 1.00. The van der Waals surface area contributed by atoms with Crippen LogP contribution in [0.15, 0.2) is 0 Å². The van der Waals surface area contributed by atoms with Crippen LogP contribution >= 0.6 is 0 Å². The summed E-state index contributed by atoms with van der Waals surface area (Å²) in [5.41, 5.74) is 0. The highest BCUT2D eigenvalue weighted by atomic mass is 16.5. The third-order valence-electron chi connectivity index (χ3n) is 3.64. The lowest BCUT2D eigenvalue weighted by Gasteiger charge is -2.33. The van der Waals surface area contributed by atoms with Crippen LogP contribution in [0.25, 0.3) is 0 Å². The van der Waals surface area contributed by atoms with E-state index in [0.29, 0.717) is 5.92 Å². The quantitative estimate of drug-likeness (QED) is 0.677. The second-order valence-corrected chi connectivity index (χ2v) is 4.97. The molecule has 0 spiro atoms. The van der Waals surface area contributed by atoms with Crippen LogP contribution in [0.2, 0.25) is 0 Å². The van der Waals surface area contributed by atoms with Crippen LogP contribution in [0, 0.1) is 5.92 Å². The molecule has 1 N–H and O–H groups in total. The van der Waals surface area contributed by atoms with E-state index in [1.807, 2.05) is 6.92 Å². The maximum Gasteiger partial charge on any atom is 0.0541 e. The minimum absolute atomic E-state index is 0.121. The summed E-state index contributed by atoms with van der Waals surface area (Å²) in [6.45, 7) is 6.37. The summed E-state index contributed by atoms with van der Waals surface area (Å²) in [4.78, 5) is 2.53. The largest absolute Gasteiger partial charge is 0.393 e. The highest BCUT2D eigenvalue weighted by molar-refractivity contribution is 4.75. The van der Waals surface area contributed by atoms with E-state index in [0.717, 1.165) is 19.4 Å². The molecule has 0 aromatic heterocycles. The molecule has 1 fully saturated rings. The minimum Gasteiger partial charge on any atom is -0.393 e. The van der Waals surface area contributed by atoms with Crippen molar-refractivity contribution in [2.45, 2.75) is 45.1 Å². The van der Waals surface area contributed by atoms with Gasteiger partial charge in [-0.15, -0.1) is 0 Å². The molecule has 0 aliphatic carbocycles. The molecule has 1 aliphatic rings. The van der Waals surface area contributed by atoms with Gasteiger partial charge in [0.25, 0.3) is 0 Å². The van der Waals surface area contributed by atoms with Gasteiger partial charge in [-0.1, -0.05) is 0 Å². The van der Waals surface area contributed by atoms with Crippen molar-refractivity contribution in [3.8, 4) is 0 Å². The third-order valence-corrected chi connectivity index (χ3v) is 3.64. The van der Waals surface area contributed by atoms with Crippen molar-refractivity contribution in [1.82, 2.24) is 4.90 Å². The van der Waals surface area contributed by atoms with Gasteiger partial charge in [0.05, 0.1) is 6.10 Å². The number of aliphatic hydroxyl groups excluding tert-OH is 1. The number of nitrogens with zero attached hydrogens (tertiary/aromatic N) is 1. The molecular weight excluding hydrogens is 202 g/mol. The minimum atomic E-state index is -0.121. The van der Waals surface area contributed by atoms with Crippen molar-refractivity contribution in [2.75, 3.05) is 33.4 Å². The van der Waals surface area contributed by atoms with Crippen LogP contribution in [-0.2, 0) is 4.74 Å². The topological polar surface area (TPSA) is 32.7 Å². The number of aliphatic hydroxyl groups is 1. The van der Waals surface area contributed by atoms with Crippen molar-refractivity contribution >= 4 is 0 Å². The first kappa shape index (κ1) is 13.9. The molecule has 1 aliphatic heterocycles. The SMILES string of the molecule is COCCCCCN1CCC(C(C)O)CC1. The Bertz CT molecular complexity index is 165. The summed E-state index contributed by atoms with van der Waals surface area (Å²) >= 11 is 0. The third kappa shape index (κ3) is 5.28. The summed E-state index contributed by atoms with van der Waals surface area (Å²) in [5.74, 6) is 0.532. The molecule has 96 valence electrons. The van der Waals surface area contributed by atoms with Gasteiger partial charge in [-0.3, -0.25) is 0 Å². The second-order valence-electron chi connectivity index (χ2n) is 4.97. The number of methoxy groups -OCH3 is 1. The van der Waals surface area contributed by atoms with Gasteiger partial charge in [0, 0.05) is 13.7 Å². The Kier molecular flexibility index (Phi) is 7.01. The van der Waals surface area contributed by atoms with Crippen molar-refractivity contribution in [3.05, 3.63) is 0 Å². The zero-order chi connectivity index (χ0) is 11.8. The van der Waals surface area contributed by atoms with Crippen LogP contribution in [0.4, 0.5) is 0 Å². The number of hydrogen-bond acceptors (Lipinski definition) is 3. The molecule has 3 nitrogen and oxygen atoms in total. The predicted octanol–water partition coefficient (Wildman–Crippen LogP) is 1.90. The molecule has 1 rings (SSSR count). The molecule has 3 heteroatoms. The van der Waals surface area contributed by atoms with Crippen LogP contribution in [0.1, 0.15) is 39.0 Å². The molecule has 16 heavy (non-hydrogen) atoms. The first-order chi connectivity index (χ1) is 7.74. The van der Waals surface area contributed by atoms with Gasteiger partial charge in [-0.05, 0) is 64.6 Å². The Morgan fingerprint density at radius 1 is 1.25 bits per heavy atom. The van der Waals surface area contributed by atoms with Crippen molar-refractivity contribution in [1.29, 1.82) is 0 Å². The molecule has 0 radical (unpaired) electrons. The van der Waals surface area contributed by atoms with E-state index < -0.39 is 0 Å². The summed E-state index contributed by atoms with van der Waals surface area (Å²) in [6.07, 6.45) is 5.93. The van der Waals surface area contributed by atoms with Crippen molar-refractivity contribution in [3.63, 3.8) is 0 Å². The molecule has 0 bridgehead atoms. The number of rotatable bonds is 7. The van der Waals surface area contributed by atoms with E-state index in [9.17, 15) is 5.11 Å². The molecular formula is C13H27NO2. The first-order valence-electron chi connectivity index (χ1n) is 6.63. The van der Waals surface area contributed by atoms with Gasteiger partial charge in [0.1, 0.15) is 0 Å². The maximum atomic E-state index is 9.50. The fourth-order valence-corrected chi connectivity index (χ4v) is 2.42. The number of likely N-dealkylation sites (tertiary alicyclic amines) is 1. The lowest BCUT2D eigenvalue weighted by molar-refractivity contribution is 0.0711. The highest BCUT2D eigenvalue weighted by Gasteiger charge is 2.21. The van der Waals surface area contributed by atoms with Crippen LogP contribution in [-0.4, -0.2) is 49.5 Å². The molecule has 0 aromatic rings. The van der Waals surface area contributed by atoms with Gasteiger partial charge in [0.15, 0.2) is 0 Å². The number of piperidine rings is 1. The van der Waals surface area contributed by atoms with E-state index in [-0.39, 0.29) is 6.10 Å². The summed E-state index contributed by atoms with van der Waals surface area (Å²) < 4.78 is 5.03. The van der Waals surface area contributed by atoms with Gasteiger partial charge in [-0.25, -0.2) is 0 Å². The summed E-state index contributed by atoms with van der Waals surface area (Å²) in [6, 6.07) is 0. The average Bonchev–Trinajstić information content (AvgIpc) is 2.29. The van der Waals surface area contributed by atoms with Crippen LogP contribution in [0.5, 0.6) is 0 Å². The molecule has 1 unspecified atom stereocenters. The van der Waals surface area contributed by atoms with Crippen LogP contribution < -0.4 is 0 Å². The lowest BCUT2D eigenvalue weighted by atomic mass is 9.92. The average molecular weight is 229 g/mol. The van der Waals surface area contributed by atoms with E-state index in [2.05, 4.69) is 4.90 Å². The van der Waals surface area contributed by atoms with E-state index in [1.165, 1.54) is 38.9 Å². The number of hydrogen-bond donors (Lipinski definition) is 1. The Morgan fingerprint density at radius 3 is 2.50 bits per heavy atom. The van der Waals surface area contributed by atoms with Crippen molar-refractivity contribution < 1.29 is 9.84 Å². The molecule has 0 aromatic carbocycles. The molecule has 0 amide bonds. The molecule has 1 atom stereocenters. The van der Waals surface area contributed by atoms with E-state index in [1.54, 1.807) is 7.11 Å². The molecule has 1 heterocycles. The van der Waals surface area contributed by atoms with Gasteiger partial charge >= 0.3 is 0 Å². The smallest absolute Gasteiger partial charge is 0.0541 e. The lowest BCUT2D eigenvalue weighted by Crippen LogP contribution is -2.37. The Balaban J connectivity index is 1.99. The maximum absolute atomic E-state index is 9.50. The Labute approximate surface area is 99.8 Å². The van der Waals surface area contributed by atoms with Crippen LogP contribution in [0.3, 0.4) is 0 Å². The second kappa shape index (κ2) is 8.04. The van der Waals surface area contributed by atoms with E-state index in [4.69, 9.17) is 4.74 Å². The summed E-state index contributed by atoms with van der Waals surface area (Å²) in [5, 5.41) is 9.50. The normalized spacial score (nSPS) is 21.2. The highest BCUT2D eigenvalue weighted by Crippen LogP contribution is 2.20. The Hall–Kier alpha value is -0.120. The van der Waals surface area contributed by atoms with Crippen molar-refractivity contribution in [2.24, 2.45) is 5.92 Å². The standard InChI is InChI=1S/C13H27NO2/c1-12(15)13-6-9-14(10-7-13)8-4-3-5-11-16-2/h12-13,15H,3-11H2,1-2H3. The van der Waals surface area contributed by atoms with Gasteiger partial charge in [-0.2, -0.15) is 0 Å². The summed E-state index contributed by atoms with van der Waals surface area (Å²) in [7, 11) is 1.76. The number of ether oxygens (including phenoxy) is 1. The van der Waals surface area contributed by atoms with E-state index >= 15 is 0 Å². The molecule has 1 saturated heterocycles. The first-order valence-corrected chi connectivity index (χ1v) is 6.63. The molecule has 0 saturated carbocycles. The van der Waals surface area contributed by atoms with Gasteiger partial charge < -0.3 is 14.7 Å². The zero-order valence-corrected chi connectivity index (χ0v) is 10.8. The monoisotopic (exact) mass is 229 g/mol. The zero-order valence-electron chi connectivity index (χ0n) is 10.8. The Morgan fingerprint density at radius 2 is 1.94 bits per heavy atom. The number of unbranched alkanes of at least 4 members (excludes halogenated alkanes) is 2. The fourth-order valence-electron chi connectivity index (χ4n) is 2.42. The predicted molar refractivity (Wildman–Crippen MR) is 66.6 cm³/mol. The van der Waals surface area contributed by atoms with Gasteiger partial charge in [0.2, 0.25) is 0 Å².